The summed E-state index contributed by atoms with van der Waals surface area (Å²) >= 11 is 3.38. The minimum atomic E-state index is -0.511. The van der Waals surface area contributed by atoms with E-state index in [9.17, 15) is 9.59 Å². The Morgan fingerprint density at radius 1 is 1.35 bits per heavy atom. The van der Waals surface area contributed by atoms with Gasteiger partial charge in [0.05, 0.1) is 7.11 Å². The van der Waals surface area contributed by atoms with Crippen molar-refractivity contribution in [1.29, 1.82) is 0 Å². The number of carbonyl (C=O) groups is 2. The van der Waals surface area contributed by atoms with Crippen LogP contribution in [0.2, 0.25) is 0 Å². The van der Waals surface area contributed by atoms with Gasteiger partial charge in [0.15, 0.2) is 4.08 Å². The smallest absolute Gasteiger partial charge is 0.332 e. The van der Waals surface area contributed by atoms with Gasteiger partial charge >= 0.3 is 5.97 Å². The van der Waals surface area contributed by atoms with Crippen LogP contribution in [0.15, 0.2) is 0 Å². The van der Waals surface area contributed by atoms with Crippen molar-refractivity contribution >= 4 is 35.3 Å². The summed E-state index contributed by atoms with van der Waals surface area (Å²) in [5.41, 5.74) is 0. The van der Waals surface area contributed by atoms with Crippen molar-refractivity contribution in [2.45, 2.75) is 36.2 Å². The maximum Gasteiger partial charge on any atom is 0.332 e. The summed E-state index contributed by atoms with van der Waals surface area (Å²) in [6.45, 7) is 0. The lowest BCUT2D eigenvalue weighted by Gasteiger charge is -2.40. The van der Waals surface area contributed by atoms with Crippen LogP contribution >= 0.6 is 23.5 Å². The van der Waals surface area contributed by atoms with Gasteiger partial charge in [0.1, 0.15) is 5.78 Å². The Labute approximate surface area is 110 Å². The van der Waals surface area contributed by atoms with E-state index in [-0.39, 0.29) is 11.9 Å². The molecule has 2 rings (SSSR count). The third-order valence-corrected chi connectivity index (χ3v) is 6.96. The summed E-state index contributed by atoms with van der Waals surface area (Å²) < 4.78 is 4.48. The van der Waals surface area contributed by atoms with Gasteiger partial charge in [0, 0.05) is 18.8 Å². The summed E-state index contributed by atoms with van der Waals surface area (Å²) in [5, 5.41) is 0. The molecule has 1 aliphatic heterocycles. The van der Waals surface area contributed by atoms with Crippen LogP contribution in [0, 0.1) is 5.92 Å². The van der Waals surface area contributed by atoms with Gasteiger partial charge in [-0.15, -0.1) is 23.5 Å². The van der Waals surface area contributed by atoms with Gasteiger partial charge in [-0.25, -0.2) is 4.79 Å². The molecule has 1 saturated heterocycles. The molecule has 1 unspecified atom stereocenters. The van der Waals surface area contributed by atoms with E-state index in [1.807, 2.05) is 0 Å². The predicted molar refractivity (Wildman–Crippen MR) is 71.2 cm³/mol. The summed E-state index contributed by atoms with van der Waals surface area (Å²) in [7, 11) is 1.45. The fraction of sp³-hybridized carbons (Fsp3) is 0.833. The van der Waals surface area contributed by atoms with Gasteiger partial charge in [0.25, 0.3) is 0 Å². The molecule has 1 aliphatic carbocycles. The van der Waals surface area contributed by atoms with Gasteiger partial charge in [-0.3, -0.25) is 4.79 Å². The Morgan fingerprint density at radius 2 is 2.06 bits per heavy atom. The zero-order valence-electron chi connectivity index (χ0n) is 10.1. The molecule has 5 heteroatoms. The first-order valence-electron chi connectivity index (χ1n) is 6.07. The lowest BCUT2D eigenvalue weighted by molar-refractivity contribution is -0.142. The van der Waals surface area contributed by atoms with Crippen molar-refractivity contribution in [2.24, 2.45) is 5.92 Å². The molecule has 0 N–H and O–H groups in total. The molecule has 0 amide bonds. The Morgan fingerprint density at radius 3 is 2.65 bits per heavy atom. The number of hydrogen-bond acceptors (Lipinski definition) is 5. The number of carbonyl (C=O) groups excluding carboxylic acids is 2. The van der Waals surface area contributed by atoms with Gasteiger partial charge in [0.2, 0.25) is 0 Å². The van der Waals surface area contributed by atoms with E-state index in [1.165, 1.54) is 7.11 Å². The van der Waals surface area contributed by atoms with Crippen molar-refractivity contribution in [1.82, 2.24) is 0 Å². The normalized spacial score (nSPS) is 28.8. The Bertz CT molecular complexity index is 311. The third kappa shape index (κ3) is 2.65. The molecule has 0 aromatic carbocycles. The number of ketones is 1. The molecule has 2 fully saturated rings. The highest BCUT2D eigenvalue weighted by Crippen LogP contribution is 2.52. The molecular weight excluding hydrogens is 256 g/mol. The van der Waals surface area contributed by atoms with E-state index >= 15 is 0 Å². The van der Waals surface area contributed by atoms with Crippen molar-refractivity contribution in [3.8, 4) is 0 Å². The zero-order valence-corrected chi connectivity index (χ0v) is 11.7. The van der Waals surface area contributed by atoms with E-state index < -0.39 is 4.08 Å². The van der Waals surface area contributed by atoms with Crippen LogP contribution in [-0.4, -0.2) is 34.4 Å². The van der Waals surface area contributed by atoms with E-state index in [1.54, 1.807) is 23.5 Å². The number of esters is 1. The Balaban J connectivity index is 2.19. The van der Waals surface area contributed by atoms with E-state index in [2.05, 4.69) is 0 Å². The number of thioether (sulfide) groups is 2. The summed E-state index contributed by atoms with van der Waals surface area (Å²) in [5.74, 6) is 2.30. The first kappa shape index (κ1) is 13.3. The molecule has 0 aromatic heterocycles. The van der Waals surface area contributed by atoms with Crippen LogP contribution in [0.5, 0.6) is 0 Å². The highest BCUT2D eigenvalue weighted by molar-refractivity contribution is 8.19. The van der Waals surface area contributed by atoms with Crippen molar-refractivity contribution in [2.75, 3.05) is 18.6 Å². The molecule has 17 heavy (non-hydrogen) atoms. The standard InChI is InChI=1S/C12H18O3S2/c1-15-11(14)12(16-6-3-7-17-12)9-4-2-5-10(13)8-9/h9H,2-8H2,1H3. The highest BCUT2D eigenvalue weighted by atomic mass is 32.2. The van der Waals surface area contributed by atoms with Gasteiger partial charge in [-0.2, -0.15) is 0 Å². The molecule has 1 saturated carbocycles. The Hall–Kier alpha value is -0.160. The number of methoxy groups -OCH3 is 1. The fourth-order valence-corrected chi connectivity index (χ4v) is 6.04. The molecule has 96 valence electrons. The van der Waals surface area contributed by atoms with E-state index in [4.69, 9.17) is 4.74 Å². The monoisotopic (exact) mass is 274 g/mol. The number of rotatable bonds is 2. The second kappa shape index (κ2) is 5.65. The quantitative estimate of drug-likeness (QED) is 0.724. The molecule has 1 heterocycles. The lowest BCUT2D eigenvalue weighted by Crippen LogP contribution is -2.45. The van der Waals surface area contributed by atoms with E-state index in [0.29, 0.717) is 18.6 Å². The third-order valence-electron chi connectivity index (χ3n) is 3.41. The van der Waals surface area contributed by atoms with Crippen LogP contribution in [0.4, 0.5) is 0 Å². The predicted octanol–water partition coefficient (Wildman–Crippen LogP) is 2.49. The fourth-order valence-electron chi connectivity index (χ4n) is 2.56. The van der Waals surface area contributed by atoms with E-state index in [0.717, 1.165) is 30.8 Å². The minimum Gasteiger partial charge on any atom is -0.467 e. The van der Waals surface area contributed by atoms with Gasteiger partial charge < -0.3 is 4.74 Å². The maximum absolute atomic E-state index is 12.1. The molecule has 1 atom stereocenters. The molecule has 0 bridgehead atoms. The van der Waals surface area contributed by atoms with Crippen LogP contribution in [-0.2, 0) is 14.3 Å². The molecule has 0 aromatic rings. The highest BCUT2D eigenvalue weighted by Gasteiger charge is 2.50. The first-order valence-corrected chi connectivity index (χ1v) is 8.04. The topological polar surface area (TPSA) is 43.4 Å². The summed E-state index contributed by atoms with van der Waals surface area (Å²) in [6.07, 6.45) is 4.26. The van der Waals surface area contributed by atoms with Gasteiger partial charge in [-0.1, -0.05) is 0 Å². The average molecular weight is 274 g/mol. The second-order valence-electron chi connectivity index (χ2n) is 4.54. The largest absolute Gasteiger partial charge is 0.467 e. The number of ether oxygens (including phenoxy) is 1. The van der Waals surface area contributed by atoms with Gasteiger partial charge in [-0.05, 0) is 30.8 Å². The number of hydrogen-bond donors (Lipinski definition) is 0. The van der Waals surface area contributed by atoms with Crippen LogP contribution in [0.25, 0.3) is 0 Å². The summed E-state index contributed by atoms with van der Waals surface area (Å²) in [6, 6.07) is 0. The minimum absolute atomic E-state index is 0.146. The number of Topliss-reactive ketones (excluding diaryl/α,β-unsaturated/α-hetero) is 1. The van der Waals surface area contributed by atoms with Crippen molar-refractivity contribution < 1.29 is 14.3 Å². The average Bonchev–Trinajstić information content (AvgIpc) is 2.38. The first-order chi connectivity index (χ1) is 8.19. The molecule has 3 nitrogen and oxygen atoms in total. The lowest BCUT2D eigenvalue weighted by atomic mass is 9.85. The van der Waals surface area contributed by atoms with Crippen molar-refractivity contribution in [3.63, 3.8) is 0 Å². The van der Waals surface area contributed by atoms with Crippen LogP contribution in [0.1, 0.15) is 32.1 Å². The molecule has 2 aliphatic rings. The zero-order chi connectivity index (χ0) is 12.3. The maximum atomic E-state index is 12.1. The SMILES string of the molecule is COC(=O)C1(C2CCCC(=O)C2)SCCCS1. The van der Waals surface area contributed by atoms with Crippen molar-refractivity contribution in [3.05, 3.63) is 0 Å². The van der Waals surface area contributed by atoms with Crippen LogP contribution < -0.4 is 0 Å². The summed E-state index contributed by atoms with van der Waals surface area (Å²) in [4.78, 5) is 23.7. The molecular formula is C12H18O3S2. The Kier molecular flexibility index (Phi) is 4.42. The molecule has 0 spiro atoms. The van der Waals surface area contributed by atoms with Crippen LogP contribution in [0.3, 0.4) is 0 Å². The molecule has 0 radical (unpaired) electrons. The second-order valence-corrected chi connectivity index (χ2v) is 7.48.